The number of amides is 2. The summed E-state index contributed by atoms with van der Waals surface area (Å²) in [5, 5.41) is 22.0. The predicted molar refractivity (Wildman–Crippen MR) is 122 cm³/mol. The van der Waals surface area contributed by atoms with E-state index in [4.69, 9.17) is 17.4 Å². The number of aromatic amines is 1. The Labute approximate surface area is 198 Å². The minimum absolute atomic E-state index is 0.0678. The molecule has 3 rings (SSSR count). The van der Waals surface area contributed by atoms with Crippen LogP contribution in [-0.4, -0.2) is 49.8 Å². The summed E-state index contributed by atoms with van der Waals surface area (Å²) < 4.78 is 0. The molecule has 0 radical (unpaired) electrons. The molecule has 0 spiro atoms. The minimum atomic E-state index is -1.63. The van der Waals surface area contributed by atoms with E-state index in [0.717, 1.165) is 0 Å². The van der Waals surface area contributed by atoms with E-state index in [1.165, 1.54) is 42.6 Å². The number of hydrogen-bond acceptors (Lipinski definition) is 6. The number of rotatable bonds is 9. The van der Waals surface area contributed by atoms with Crippen LogP contribution in [0.2, 0.25) is 5.02 Å². The van der Waals surface area contributed by atoms with Crippen molar-refractivity contribution in [2.75, 3.05) is 0 Å². The summed E-state index contributed by atoms with van der Waals surface area (Å²) in [6.45, 7) is 0.150. The average molecular weight is 485 g/mol. The Morgan fingerprint density at radius 1 is 1.09 bits per heavy atom. The maximum atomic E-state index is 12.8. The Morgan fingerprint density at radius 2 is 1.85 bits per heavy atom. The van der Waals surface area contributed by atoms with Crippen LogP contribution in [-0.2, 0) is 11.3 Å². The van der Waals surface area contributed by atoms with Crippen LogP contribution in [0, 0.1) is 0 Å². The second-order valence-electron chi connectivity index (χ2n) is 7.32. The van der Waals surface area contributed by atoms with E-state index in [-0.39, 0.29) is 34.1 Å². The van der Waals surface area contributed by atoms with Gasteiger partial charge in [-0.1, -0.05) is 23.7 Å². The summed E-state index contributed by atoms with van der Waals surface area (Å²) >= 11 is 6.19. The van der Waals surface area contributed by atoms with Gasteiger partial charge in [0.2, 0.25) is 0 Å². The lowest BCUT2D eigenvalue weighted by atomic mass is 10.1. The standard InChI is InChI=1S/C23H21ClN4O6/c24-17-10-14(21(31)27-12-13-3-1-4-15(29)9-13)6-7-16(17)22(32)28(25)19(23(33)34)11-20(30)18-5-2-8-26-18/h1-10,19,26,29H,11-12,25H2,(H,27,31)(H,33,34)/t19-/m0/s1. The van der Waals surface area contributed by atoms with Crippen LogP contribution in [0.1, 0.15) is 43.2 Å². The summed E-state index contributed by atoms with van der Waals surface area (Å²) in [7, 11) is 0. The lowest BCUT2D eigenvalue weighted by molar-refractivity contribution is -0.142. The largest absolute Gasteiger partial charge is 0.508 e. The molecule has 0 fully saturated rings. The number of nitrogens with one attached hydrogen (secondary N) is 2. The Kier molecular flexibility index (Phi) is 7.67. The number of halogens is 1. The summed E-state index contributed by atoms with van der Waals surface area (Å²) in [6.07, 6.45) is 0.959. The lowest BCUT2D eigenvalue weighted by Crippen LogP contribution is -2.50. The van der Waals surface area contributed by atoms with Gasteiger partial charge in [0.1, 0.15) is 5.75 Å². The zero-order valence-corrected chi connectivity index (χ0v) is 18.5. The summed E-state index contributed by atoms with van der Waals surface area (Å²) in [4.78, 5) is 51.9. The number of ketones is 1. The number of aromatic nitrogens is 1. The first-order valence-corrected chi connectivity index (χ1v) is 10.4. The van der Waals surface area contributed by atoms with Crippen LogP contribution < -0.4 is 11.2 Å². The van der Waals surface area contributed by atoms with Crippen LogP contribution >= 0.6 is 11.6 Å². The molecule has 11 heteroatoms. The van der Waals surface area contributed by atoms with Crippen molar-refractivity contribution in [2.45, 2.75) is 19.0 Å². The van der Waals surface area contributed by atoms with Crippen molar-refractivity contribution in [1.82, 2.24) is 15.3 Å². The lowest BCUT2D eigenvalue weighted by Gasteiger charge is -2.24. The van der Waals surface area contributed by atoms with E-state index in [0.29, 0.717) is 10.6 Å². The molecule has 2 aromatic carbocycles. The quantitative estimate of drug-likeness (QED) is 0.134. The molecule has 0 bridgehead atoms. The first-order chi connectivity index (χ1) is 16.2. The topological polar surface area (TPSA) is 166 Å². The molecule has 0 aliphatic heterocycles. The van der Waals surface area contributed by atoms with Crippen molar-refractivity contribution in [3.63, 3.8) is 0 Å². The third-order valence-electron chi connectivity index (χ3n) is 4.96. The van der Waals surface area contributed by atoms with Crippen LogP contribution in [0.4, 0.5) is 0 Å². The highest BCUT2D eigenvalue weighted by atomic mass is 35.5. The van der Waals surface area contributed by atoms with E-state index in [1.807, 2.05) is 0 Å². The fourth-order valence-corrected chi connectivity index (χ4v) is 3.42. The molecule has 3 aromatic rings. The van der Waals surface area contributed by atoms with Crippen molar-refractivity contribution < 1.29 is 29.4 Å². The Morgan fingerprint density at radius 3 is 2.47 bits per heavy atom. The summed E-state index contributed by atoms with van der Waals surface area (Å²) in [6, 6.07) is 11.6. The van der Waals surface area contributed by atoms with Crippen molar-refractivity contribution in [3.05, 3.63) is 88.2 Å². The molecule has 0 aliphatic rings. The molecule has 0 unspecified atom stereocenters. The van der Waals surface area contributed by atoms with E-state index in [9.17, 15) is 29.4 Å². The normalized spacial score (nSPS) is 11.5. The minimum Gasteiger partial charge on any atom is -0.508 e. The molecule has 10 nitrogen and oxygen atoms in total. The average Bonchev–Trinajstić information content (AvgIpc) is 3.35. The highest BCUT2D eigenvalue weighted by Gasteiger charge is 2.32. The van der Waals surface area contributed by atoms with Crippen LogP contribution in [0.3, 0.4) is 0 Å². The van der Waals surface area contributed by atoms with Gasteiger partial charge in [-0.3, -0.25) is 19.4 Å². The zero-order valence-electron chi connectivity index (χ0n) is 17.7. The fraction of sp³-hybridized carbons (Fsp3) is 0.130. The molecular weight excluding hydrogens is 464 g/mol. The molecule has 34 heavy (non-hydrogen) atoms. The third kappa shape index (κ3) is 5.80. The number of carboxylic acid groups (broad SMARTS) is 1. The molecule has 6 N–H and O–H groups in total. The molecule has 1 aromatic heterocycles. The highest BCUT2D eigenvalue weighted by molar-refractivity contribution is 6.34. The van der Waals surface area contributed by atoms with Crippen molar-refractivity contribution >= 4 is 35.2 Å². The van der Waals surface area contributed by atoms with Gasteiger partial charge in [0.05, 0.1) is 16.3 Å². The van der Waals surface area contributed by atoms with E-state index in [1.54, 1.807) is 18.2 Å². The SMILES string of the molecule is NN(C(=O)c1ccc(C(=O)NCc2cccc(O)c2)cc1Cl)[C@@H](CC(=O)c1ccc[nH]1)C(=O)O. The smallest absolute Gasteiger partial charge is 0.328 e. The van der Waals surface area contributed by atoms with Gasteiger partial charge in [0.15, 0.2) is 11.8 Å². The van der Waals surface area contributed by atoms with Crippen LogP contribution in [0.25, 0.3) is 0 Å². The molecule has 176 valence electrons. The van der Waals surface area contributed by atoms with Gasteiger partial charge in [-0.25, -0.2) is 10.6 Å². The second-order valence-corrected chi connectivity index (χ2v) is 7.73. The number of nitrogens with two attached hydrogens (primary N) is 1. The first kappa shape index (κ1) is 24.5. The number of aromatic hydroxyl groups is 1. The van der Waals surface area contributed by atoms with Gasteiger partial charge < -0.3 is 20.5 Å². The molecular formula is C23H21ClN4O6. The number of phenols is 1. The van der Waals surface area contributed by atoms with Crippen molar-refractivity contribution in [3.8, 4) is 5.75 Å². The maximum absolute atomic E-state index is 12.8. The number of H-pyrrole nitrogens is 1. The first-order valence-electron chi connectivity index (χ1n) is 10.0. The van der Waals surface area contributed by atoms with Gasteiger partial charge in [0.25, 0.3) is 11.8 Å². The van der Waals surface area contributed by atoms with Gasteiger partial charge in [-0.15, -0.1) is 0 Å². The van der Waals surface area contributed by atoms with E-state index >= 15 is 0 Å². The third-order valence-corrected chi connectivity index (χ3v) is 5.27. The number of carbonyl (C=O) groups excluding carboxylic acids is 3. The highest BCUT2D eigenvalue weighted by Crippen LogP contribution is 2.21. The Balaban J connectivity index is 1.70. The zero-order chi connectivity index (χ0) is 24.8. The predicted octanol–water partition coefficient (Wildman–Crippen LogP) is 2.35. The second kappa shape index (κ2) is 10.6. The van der Waals surface area contributed by atoms with Crippen molar-refractivity contribution in [2.24, 2.45) is 5.84 Å². The van der Waals surface area contributed by atoms with Gasteiger partial charge in [-0.2, -0.15) is 0 Å². The number of phenolic OH excluding ortho intramolecular Hbond substituents is 1. The van der Waals surface area contributed by atoms with Gasteiger partial charge >= 0.3 is 5.97 Å². The number of hydrogen-bond donors (Lipinski definition) is 5. The molecule has 0 saturated carbocycles. The van der Waals surface area contributed by atoms with Gasteiger partial charge in [0, 0.05) is 24.7 Å². The summed E-state index contributed by atoms with van der Waals surface area (Å²) in [5.41, 5.74) is 0.888. The van der Waals surface area contributed by atoms with Crippen molar-refractivity contribution in [1.29, 1.82) is 0 Å². The summed E-state index contributed by atoms with van der Waals surface area (Å²) in [5.74, 6) is 2.43. The number of hydrazine groups is 1. The Bertz CT molecular complexity index is 1230. The fourth-order valence-electron chi connectivity index (χ4n) is 3.16. The number of carboxylic acids is 1. The number of benzene rings is 2. The molecule has 2 amide bonds. The maximum Gasteiger partial charge on any atom is 0.328 e. The number of aliphatic carboxylic acids is 1. The van der Waals surface area contributed by atoms with E-state index < -0.39 is 36.0 Å². The Hall–Kier alpha value is -4.15. The number of carbonyl (C=O) groups is 4. The monoisotopic (exact) mass is 484 g/mol. The molecule has 1 heterocycles. The molecule has 1 atom stereocenters. The van der Waals surface area contributed by atoms with Crippen LogP contribution in [0.15, 0.2) is 60.8 Å². The van der Waals surface area contributed by atoms with Gasteiger partial charge in [-0.05, 0) is 48.0 Å². The molecule has 0 saturated heterocycles. The number of nitrogens with zero attached hydrogens (tertiary/aromatic N) is 1. The number of Topliss-reactive ketones (excluding diaryl/α,β-unsaturated/α-hetero) is 1. The molecule has 0 aliphatic carbocycles. The van der Waals surface area contributed by atoms with E-state index in [2.05, 4.69) is 10.3 Å². The van der Waals surface area contributed by atoms with Crippen LogP contribution in [0.5, 0.6) is 5.75 Å².